The van der Waals surface area contributed by atoms with Crippen molar-refractivity contribution in [2.75, 3.05) is 26.2 Å². The van der Waals surface area contributed by atoms with E-state index in [2.05, 4.69) is 5.32 Å². The standard InChI is InChI=1S/C6H16N2O8P2/c1-7-6(10)5(2-9)8(3-17(11,12)13)4-18(14,15)16/h5,9H,2-4H2,1H3,(H,7,10)(H2,11,12,13)(H2,14,15,16)/t5-/m0/s1. The second-order valence-corrected chi connectivity index (χ2v) is 6.74. The fourth-order valence-electron chi connectivity index (χ4n) is 1.25. The summed E-state index contributed by atoms with van der Waals surface area (Å²) in [7, 11) is -8.05. The van der Waals surface area contributed by atoms with Crippen LogP contribution in [0.4, 0.5) is 0 Å². The van der Waals surface area contributed by atoms with Crippen molar-refractivity contribution in [3.8, 4) is 0 Å². The lowest BCUT2D eigenvalue weighted by molar-refractivity contribution is -0.126. The molecule has 0 aliphatic rings. The minimum Gasteiger partial charge on any atom is -0.394 e. The first kappa shape index (κ1) is 17.7. The highest BCUT2D eigenvalue weighted by Crippen LogP contribution is 2.41. The molecule has 0 aliphatic heterocycles. The molecule has 0 spiro atoms. The van der Waals surface area contributed by atoms with Crippen LogP contribution in [0.15, 0.2) is 0 Å². The quantitative estimate of drug-likeness (QED) is 0.282. The topological polar surface area (TPSA) is 168 Å². The van der Waals surface area contributed by atoms with Crippen LogP contribution in [0.2, 0.25) is 0 Å². The molecule has 0 bridgehead atoms. The van der Waals surface area contributed by atoms with Crippen LogP contribution in [0, 0.1) is 0 Å². The molecule has 0 aromatic heterocycles. The number of carbonyl (C=O) groups excluding carboxylic acids is 1. The molecule has 0 aromatic carbocycles. The van der Waals surface area contributed by atoms with Gasteiger partial charge in [0.1, 0.15) is 18.6 Å². The van der Waals surface area contributed by atoms with Crippen LogP contribution in [0.1, 0.15) is 0 Å². The summed E-state index contributed by atoms with van der Waals surface area (Å²) >= 11 is 0. The highest BCUT2D eigenvalue weighted by molar-refractivity contribution is 7.52. The third-order valence-corrected chi connectivity index (χ3v) is 3.36. The molecular weight excluding hydrogens is 290 g/mol. The Morgan fingerprint density at radius 3 is 1.78 bits per heavy atom. The lowest BCUT2D eigenvalue weighted by Crippen LogP contribution is -2.48. The number of aliphatic hydroxyl groups excluding tert-OH is 1. The van der Waals surface area contributed by atoms with Crippen LogP contribution < -0.4 is 5.32 Å². The largest absolute Gasteiger partial charge is 0.394 e. The number of nitrogens with one attached hydrogen (secondary N) is 1. The minimum atomic E-state index is -4.63. The Hall–Kier alpha value is -0.310. The molecule has 0 unspecified atom stereocenters. The van der Waals surface area contributed by atoms with Gasteiger partial charge in [-0.2, -0.15) is 0 Å². The highest BCUT2D eigenvalue weighted by atomic mass is 31.2. The normalized spacial score (nSPS) is 14.6. The molecule has 6 N–H and O–H groups in total. The van der Waals surface area contributed by atoms with Crippen molar-refractivity contribution in [3.63, 3.8) is 0 Å². The first-order valence-corrected chi connectivity index (χ1v) is 8.25. The first-order chi connectivity index (χ1) is 8.00. The van der Waals surface area contributed by atoms with Gasteiger partial charge in [0.05, 0.1) is 6.61 Å². The number of carbonyl (C=O) groups is 1. The second-order valence-electron chi connectivity index (χ2n) is 3.51. The van der Waals surface area contributed by atoms with Gasteiger partial charge in [-0.15, -0.1) is 0 Å². The number of aliphatic hydroxyl groups is 1. The van der Waals surface area contributed by atoms with Crippen molar-refractivity contribution in [2.45, 2.75) is 6.04 Å². The molecule has 0 aromatic rings. The molecule has 0 saturated heterocycles. The molecular formula is C6H16N2O8P2. The third-order valence-electron chi connectivity index (χ3n) is 1.89. The van der Waals surface area contributed by atoms with Crippen LogP contribution >= 0.6 is 15.2 Å². The summed E-state index contributed by atoms with van der Waals surface area (Å²) in [5, 5.41) is 11.1. The zero-order chi connectivity index (χ0) is 14.6. The minimum absolute atomic E-state index is 0.556. The van der Waals surface area contributed by atoms with Gasteiger partial charge < -0.3 is 30.0 Å². The van der Waals surface area contributed by atoms with Crippen molar-refractivity contribution in [3.05, 3.63) is 0 Å². The van der Waals surface area contributed by atoms with E-state index in [1.807, 2.05) is 0 Å². The van der Waals surface area contributed by atoms with Gasteiger partial charge in [0.25, 0.3) is 0 Å². The molecule has 10 nitrogen and oxygen atoms in total. The molecule has 0 fully saturated rings. The molecule has 1 atom stereocenters. The Morgan fingerprint density at radius 2 is 1.56 bits per heavy atom. The van der Waals surface area contributed by atoms with Gasteiger partial charge in [0.15, 0.2) is 0 Å². The summed E-state index contributed by atoms with van der Waals surface area (Å²) in [5.41, 5.74) is 0. The molecule has 1 amide bonds. The van der Waals surface area contributed by atoms with E-state index in [9.17, 15) is 13.9 Å². The number of nitrogens with zero attached hydrogens (tertiary/aromatic N) is 1. The van der Waals surface area contributed by atoms with E-state index in [0.717, 1.165) is 0 Å². The van der Waals surface area contributed by atoms with E-state index >= 15 is 0 Å². The predicted molar refractivity (Wildman–Crippen MR) is 60.6 cm³/mol. The predicted octanol–water partition coefficient (Wildman–Crippen LogP) is -2.33. The second kappa shape index (κ2) is 6.74. The summed E-state index contributed by atoms with van der Waals surface area (Å²) < 4.78 is 21.7. The highest BCUT2D eigenvalue weighted by Gasteiger charge is 2.34. The van der Waals surface area contributed by atoms with Gasteiger partial charge in [0, 0.05) is 7.05 Å². The van der Waals surface area contributed by atoms with Crippen LogP contribution in [0.3, 0.4) is 0 Å². The van der Waals surface area contributed by atoms with E-state index in [-0.39, 0.29) is 0 Å². The van der Waals surface area contributed by atoms with Crippen molar-refractivity contribution >= 4 is 21.1 Å². The molecule has 0 saturated carbocycles. The molecule has 12 heteroatoms. The third kappa shape index (κ3) is 7.20. The van der Waals surface area contributed by atoms with Crippen molar-refractivity contribution in [1.82, 2.24) is 10.2 Å². The zero-order valence-corrected chi connectivity index (χ0v) is 11.3. The smallest absolute Gasteiger partial charge is 0.339 e. The van der Waals surface area contributed by atoms with Crippen LogP contribution in [0.5, 0.6) is 0 Å². The Morgan fingerprint density at radius 1 is 1.17 bits per heavy atom. The Labute approximate surface area is 103 Å². The maximum Gasteiger partial charge on any atom is 0.339 e. The fourth-order valence-corrected chi connectivity index (χ4v) is 2.94. The van der Waals surface area contributed by atoms with Gasteiger partial charge >= 0.3 is 15.2 Å². The molecule has 18 heavy (non-hydrogen) atoms. The average Bonchev–Trinajstić information content (AvgIpc) is 2.13. The number of likely N-dealkylation sites (N-methyl/N-ethyl adjacent to an activating group) is 1. The Kier molecular flexibility index (Phi) is 6.62. The summed E-state index contributed by atoms with van der Waals surface area (Å²) in [6, 6.07) is -1.45. The van der Waals surface area contributed by atoms with Crippen LogP contribution in [-0.4, -0.2) is 67.8 Å². The summed E-state index contributed by atoms with van der Waals surface area (Å²) in [4.78, 5) is 47.0. The monoisotopic (exact) mass is 306 g/mol. The van der Waals surface area contributed by atoms with Gasteiger partial charge in [-0.3, -0.25) is 18.8 Å². The average molecular weight is 306 g/mol. The maximum absolute atomic E-state index is 11.3. The van der Waals surface area contributed by atoms with E-state index in [0.29, 0.717) is 4.90 Å². The number of hydrogen-bond acceptors (Lipinski definition) is 5. The Bertz CT molecular complexity index is 352. The number of rotatable bonds is 7. The summed E-state index contributed by atoms with van der Waals surface area (Å²) in [5.74, 6) is -0.806. The van der Waals surface area contributed by atoms with Gasteiger partial charge in [-0.25, -0.2) is 0 Å². The Balaban J connectivity index is 5.11. The van der Waals surface area contributed by atoms with Gasteiger partial charge in [-0.05, 0) is 0 Å². The first-order valence-electron chi connectivity index (χ1n) is 4.66. The van der Waals surface area contributed by atoms with Crippen molar-refractivity contribution in [1.29, 1.82) is 0 Å². The van der Waals surface area contributed by atoms with Crippen molar-refractivity contribution < 1.29 is 38.6 Å². The molecule has 0 rings (SSSR count). The SMILES string of the molecule is CNC(=O)[C@H](CO)N(CP(=O)(O)O)CP(=O)(O)O. The summed E-state index contributed by atoms with van der Waals surface area (Å²) in [6.07, 6.45) is -2.09. The molecule has 0 heterocycles. The van der Waals surface area contributed by atoms with E-state index in [4.69, 9.17) is 24.7 Å². The molecule has 0 aliphatic carbocycles. The summed E-state index contributed by atoms with van der Waals surface area (Å²) in [6.45, 7) is -0.834. The molecule has 108 valence electrons. The lowest BCUT2D eigenvalue weighted by Gasteiger charge is -2.29. The van der Waals surface area contributed by atoms with E-state index in [1.165, 1.54) is 7.05 Å². The fraction of sp³-hybridized carbons (Fsp3) is 0.833. The zero-order valence-electron chi connectivity index (χ0n) is 9.50. The van der Waals surface area contributed by atoms with Gasteiger partial charge in [0.2, 0.25) is 5.91 Å². The van der Waals surface area contributed by atoms with E-state index < -0.39 is 46.3 Å². The van der Waals surface area contributed by atoms with Crippen LogP contribution in [0.25, 0.3) is 0 Å². The number of hydrogen-bond donors (Lipinski definition) is 6. The molecule has 0 radical (unpaired) electrons. The lowest BCUT2D eigenvalue weighted by atomic mass is 10.3. The van der Waals surface area contributed by atoms with E-state index in [1.54, 1.807) is 0 Å². The maximum atomic E-state index is 11.3. The van der Waals surface area contributed by atoms with Gasteiger partial charge in [-0.1, -0.05) is 0 Å². The number of amides is 1. The van der Waals surface area contributed by atoms with Crippen LogP contribution in [-0.2, 0) is 13.9 Å². The van der Waals surface area contributed by atoms with Crippen molar-refractivity contribution in [2.24, 2.45) is 0 Å².